The van der Waals surface area contributed by atoms with Crippen molar-refractivity contribution in [2.24, 2.45) is 0 Å². The Balaban J connectivity index is 2.27. The summed E-state index contributed by atoms with van der Waals surface area (Å²) in [5.74, 6) is 0.732. The van der Waals surface area contributed by atoms with Gasteiger partial charge < -0.3 is 5.32 Å². The topological polar surface area (TPSA) is 93.8 Å². The fourth-order valence-electron chi connectivity index (χ4n) is 1.74. The predicted octanol–water partition coefficient (Wildman–Crippen LogP) is 2.01. The van der Waals surface area contributed by atoms with Crippen LogP contribution in [0.15, 0.2) is 24.5 Å². The third-order valence-corrected chi connectivity index (χ3v) is 2.54. The van der Waals surface area contributed by atoms with Crippen molar-refractivity contribution in [1.29, 1.82) is 0 Å². The maximum absolute atomic E-state index is 11.0. The van der Waals surface area contributed by atoms with Gasteiger partial charge in [0.2, 0.25) is 5.82 Å². The molecule has 0 radical (unpaired) electrons. The Morgan fingerprint density at radius 1 is 1.37 bits per heavy atom. The minimum Gasteiger partial charge on any atom is -0.360 e. The van der Waals surface area contributed by atoms with Gasteiger partial charge in [-0.3, -0.25) is 15.1 Å². The fourth-order valence-corrected chi connectivity index (χ4v) is 1.74. The van der Waals surface area contributed by atoms with Gasteiger partial charge >= 0.3 is 5.69 Å². The molecule has 0 aliphatic rings. The van der Waals surface area contributed by atoms with Gasteiger partial charge in [0, 0.05) is 18.9 Å². The number of hydrogen-bond donors (Lipinski definition) is 1. The van der Waals surface area contributed by atoms with E-state index in [4.69, 9.17) is 0 Å². The molecule has 0 saturated heterocycles. The van der Waals surface area contributed by atoms with Crippen molar-refractivity contribution in [1.82, 2.24) is 15.0 Å². The fraction of sp³-hybridized carbons (Fsp3) is 0.250. The molecule has 0 saturated carbocycles. The first-order valence-electron chi connectivity index (χ1n) is 5.70. The van der Waals surface area contributed by atoms with Crippen LogP contribution in [0.25, 0.3) is 0 Å². The Hall–Kier alpha value is -2.57. The Morgan fingerprint density at radius 2 is 2.16 bits per heavy atom. The van der Waals surface area contributed by atoms with Crippen LogP contribution in [0.1, 0.15) is 17.1 Å². The van der Waals surface area contributed by atoms with E-state index in [1.807, 2.05) is 12.1 Å². The average Bonchev–Trinajstić information content (AvgIpc) is 2.36. The first-order valence-corrected chi connectivity index (χ1v) is 5.70. The van der Waals surface area contributed by atoms with Gasteiger partial charge in [0.05, 0.1) is 4.92 Å². The zero-order chi connectivity index (χ0) is 13.8. The van der Waals surface area contributed by atoms with Crippen LogP contribution >= 0.6 is 0 Å². The van der Waals surface area contributed by atoms with E-state index in [9.17, 15) is 10.1 Å². The van der Waals surface area contributed by atoms with Crippen molar-refractivity contribution >= 4 is 11.5 Å². The van der Waals surface area contributed by atoms with Crippen LogP contribution in [0.3, 0.4) is 0 Å². The number of hydrogen-bond acceptors (Lipinski definition) is 6. The second-order valence-corrected chi connectivity index (χ2v) is 4.03. The Bertz CT molecular complexity index is 601. The van der Waals surface area contributed by atoms with Crippen LogP contribution < -0.4 is 5.32 Å². The van der Waals surface area contributed by atoms with E-state index in [-0.39, 0.29) is 11.5 Å². The van der Waals surface area contributed by atoms with E-state index in [0.29, 0.717) is 18.1 Å². The molecule has 7 nitrogen and oxygen atoms in total. The summed E-state index contributed by atoms with van der Waals surface area (Å²) in [4.78, 5) is 22.6. The Kier molecular flexibility index (Phi) is 3.65. The van der Waals surface area contributed by atoms with Gasteiger partial charge in [0.15, 0.2) is 0 Å². The van der Waals surface area contributed by atoms with Gasteiger partial charge in [-0.2, -0.15) is 0 Å². The molecule has 0 bridgehead atoms. The number of pyridine rings is 1. The zero-order valence-corrected chi connectivity index (χ0v) is 10.6. The SMILES string of the molecule is Cc1nc(C)c([N+](=O)[O-])c(NCc2cccnc2)n1. The lowest BCUT2D eigenvalue weighted by molar-refractivity contribution is -0.385. The van der Waals surface area contributed by atoms with Crippen LogP contribution in [0.5, 0.6) is 0 Å². The molecule has 0 aliphatic carbocycles. The summed E-state index contributed by atoms with van der Waals surface area (Å²) in [6, 6.07) is 3.69. The summed E-state index contributed by atoms with van der Waals surface area (Å²) in [7, 11) is 0. The molecule has 0 atom stereocenters. The molecular weight excluding hydrogens is 246 g/mol. The number of nitrogens with one attached hydrogen (secondary N) is 1. The second-order valence-electron chi connectivity index (χ2n) is 4.03. The van der Waals surface area contributed by atoms with E-state index in [2.05, 4.69) is 20.3 Å². The van der Waals surface area contributed by atoms with Gasteiger partial charge in [-0.25, -0.2) is 9.97 Å². The van der Waals surface area contributed by atoms with Crippen LogP contribution in [0.2, 0.25) is 0 Å². The van der Waals surface area contributed by atoms with E-state index in [0.717, 1.165) is 5.56 Å². The second kappa shape index (κ2) is 5.38. The molecule has 1 N–H and O–H groups in total. The standard InChI is InChI=1S/C12H13N5O2/c1-8-11(17(18)19)12(16-9(2)15-8)14-7-10-4-3-5-13-6-10/h3-6H,7H2,1-2H3,(H,14,15,16). The molecule has 98 valence electrons. The monoisotopic (exact) mass is 259 g/mol. The zero-order valence-electron chi connectivity index (χ0n) is 10.6. The van der Waals surface area contributed by atoms with Crippen LogP contribution in [0.4, 0.5) is 11.5 Å². The normalized spacial score (nSPS) is 10.2. The van der Waals surface area contributed by atoms with Gasteiger partial charge in [-0.05, 0) is 25.5 Å². The first kappa shape index (κ1) is 12.9. The summed E-state index contributed by atoms with van der Waals surface area (Å²) in [6.45, 7) is 3.72. The molecular formula is C12H13N5O2. The first-order chi connectivity index (χ1) is 9.08. The van der Waals surface area contributed by atoms with Crippen molar-refractivity contribution in [3.8, 4) is 0 Å². The molecule has 0 aromatic carbocycles. The van der Waals surface area contributed by atoms with E-state index in [1.165, 1.54) is 0 Å². The van der Waals surface area contributed by atoms with E-state index < -0.39 is 4.92 Å². The minimum absolute atomic E-state index is 0.0884. The molecule has 0 fully saturated rings. The average molecular weight is 259 g/mol. The molecule has 2 aromatic rings. The molecule has 7 heteroatoms. The van der Waals surface area contributed by atoms with Crippen LogP contribution in [0, 0.1) is 24.0 Å². The number of nitro groups is 1. The molecule has 0 amide bonds. The quantitative estimate of drug-likeness (QED) is 0.666. The lowest BCUT2D eigenvalue weighted by Gasteiger charge is -2.08. The largest absolute Gasteiger partial charge is 0.360 e. The molecule has 2 rings (SSSR count). The highest BCUT2D eigenvalue weighted by molar-refractivity contribution is 5.58. The van der Waals surface area contributed by atoms with E-state index in [1.54, 1.807) is 26.2 Å². The summed E-state index contributed by atoms with van der Waals surface area (Å²) in [5.41, 5.74) is 1.19. The van der Waals surface area contributed by atoms with Crippen molar-refractivity contribution in [2.45, 2.75) is 20.4 Å². The Morgan fingerprint density at radius 3 is 2.79 bits per heavy atom. The lowest BCUT2D eigenvalue weighted by atomic mass is 10.3. The van der Waals surface area contributed by atoms with Gasteiger partial charge in [-0.1, -0.05) is 6.07 Å². The highest BCUT2D eigenvalue weighted by Crippen LogP contribution is 2.25. The van der Waals surface area contributed by atoms with Gasteiger partial charge in [0.25, 0.3) is 0 Å². The molecule has 0 spiro atoms. The molecule has 2 heterocycles. The molecule has 0 unspecified atom stereocenters. The van der Waals surface area contributed by atoms with Crippen LogP contribution in [-0.4, -0.2) is 19.9 Å². The van der Waals surface area contributed by atoms with Crippen LogP contribution in [-0.2, 0) is 6.54 Å². The predicted molar refractivity (Wildman–Crippen MR) is 69.7 cm³/mol. The highest BCUT2D eigenvalue weighted by atomic mass is 16.6. The number of anilines is 1. The van der Waals surface area contributed by atoms with Crippen molar-refractivity contribution in [3.63, 3.8) is 0 Å². The minimum atomic E-state index is -0.472. The van der Waals surface area contributed by atoms with E-state index >= 15 is 0 Å². The van der Waals surface area contributed by atoms with Crippen molar-refractivity contribution in [2.75, 3.05) is 5.32 Å². The van der Waals surface area contributed by atoms with Gasteiger partial charge in [-0.15, -0.1) is 0 Å². The number of aryl methyl sites for hydroxylation is 2. The maximum Gasteiger partial charge on any atom is 0.332 e. The third-order valence-electron chi connectivity index (χ3n) is 2.54. The molecule has 0 aliphatic heterocycles. The summed E-state index contributed by atoms with van der Waals surface area (Å²) in [6.07, 6.45) is 3.37. The Labute approximate surface area is 109 Å². The summed E-state index contributed by atoms with van der Waals surface area (Å²) >= 11 is 0. The number of aromatic nitrogens is 3. The van der Waals surface area contributed by atoms with Crippen molar-refractivity contribution in [3.05, 3.63) is 51.7 Å². The number of rotatable bonds is 4. The smallest absolute Gasteiger partial charge is 0.332 e. The van der Waals surface area contributed by atoms with Gasteiger partial charge in [0.1, 0.15) is 11.5 Å². The summed E-state index contributed by atoms with van der Waals surface area (Å²) in [5, 5.41) is 14.0. The van der Waals surface area contributed by atoms with Crippen molar-refractivity contribution < 1.29 is 4.92 Å². The third kappa shape index (κ3) is 3.01. The number of nitrogens with zero attached hydrogens (tertiary/aromatic N) is 4. The highest BCUT2D eigenvalue weighted by Gasteiger charge is 2.20. The summed E-state index contributed by atoms with van der Waals surface area (Å²) < 4.78 is 0. The molecule has 19 heavy (non-hydrogen) atoms. The molecule has 2 aromatic heterocycles. The lowest BCUT2D eigenvalue weighted by Crippen LogP contribution is -2.08. The maximum atomic E-state index is 11.0.